The molecule has 1 aliphatic rings. The summed E-state index contributed by atoms with van der Waals surface area (Å²) in [6, 6.07) is 0. The maximum atomic E-state index is 12.1. The lowest BCUT2D eigenvalue weighted by atomic mass is 10.0. The molecule has 1 fully saturated rings. The van der Waals surface area contributed by atoms with Crippen molar-refractivity contribution in [3.8, 4) is 0 Å². The Bertz CT molecular complexity index is 470. The Morgan fingerprint density at radius 2 is 2.29 bits per heavy atom. The standard InChI is InChI=1S/C10H14N4O3/c1-13-6-12-4-7(13)8(15)14-3-2-10(11,5-14)9(16)17/h4,6H,2-3,5,11H2,1H3,(H,16,17). The van der Waals surface area contributed by atoms with E-state index in [0.29, 0.717) is 12.2 Å². The van der Waals surface area contributed by atoms with Crippen LogP contribution in [-0.4, -0.2) is 50.1 Å². The number of nitrogens with two attached hydrogens (primary N) is 1. The van der Waals surface area contributed by atoms with Crippen molar-refractivity contribution < 1.29 is 14.7 Å². The molecule has 2 heterocycles. The number of likely N-dealkylation sites (tertiary alicyclic amines) is 1. The Morgan fingerprint density at radius 3 is 2.76 bits per heavy atom. The summed E-state index contributed by atoms with van der Waals surface area (Å²) in [7, 11) is 1.71. The van der Waals surface area contributed by atoms with Crippen molar-refractivity contribution in [1.29, 1.82) is 0 Å². The van der Waals surface area contributed by atoms with Crippen LogP contribution in [0.15, 0.2) is 12.5 Å². The summed E-state index contributed by atoms with van der Waals surface area (Å²) in [4.78, 5) is 28.3. The van der Waals surface area contributed by atoms with Gasteiger partial charge in [-0.2, -0.15) is 0 Å². The number of aliphatic carboxylic acids is 1. The van der Waals surface area contributed by atoms with Crippen molar-refractivity contribution >= 4 is 11.9 Å². The smallest absolute Gasteiger partial charge is 0.325 e. The lowest BCUT2D eigenvalue weighted by Crippen LogP contribution is -2.50. The summed E-state index contributed by atoms with van der Waals surface area (Å²) in [5, 5.41) is 8.98. The zero-order valence-corrected chi connectivity index (χ0v) is 9.46. The van der Waals surface area contributed by atoms with E-state index < -0.39 is 11.5 Å². The van der Waals surface area contributed by atoms with Gasteiger partial charge in [0.05, 0.1) is 12.5 Å². The van der Waals surface area contributed by atoms with Crippen molar-refractivity contribution in [1.82, 2.24) is 14.5 Å². The summed E-state index contributed by atoms with van der Waals surface area (Å²) < 4.78 is 1.60. The molecule has 1 unspecified atom stereocenters. The number of carboxylic acid groups (broad SMARTS) is 1. The van der Waals surface area contributed by atoms with Crippen LogP contribution in [0.25, 0.3) is 0 Å². The van der Waals surface area contributed by atoms with Crippen LogP contribution in [0.2, 0.25) is 0 Å². The molecule has 17 heavy (non-hydrogen) atoms. The zero-order chi connectivity index (χ0) is 12.6. The van der Waals surface area contributed by atoms with E-state index in [-0.39, 0.29) is 18.9 Å². The molecule has 0 aromatic carbocycles. The number of aryl methyl sites for hydroxylation is 1. The van der Waals surface area contributed by atoms with Crippen LogP contribution in [0.1, 0.15) is 16.9 Å². The van der Waals surface area contributed by atoms with Crippen LogP contribution in [0, 0.1) is 0 Å². The summed E-state index contributed by atoms with van der Waals surface area (Å²) >= 11 is 0. The molecule has 7 nitrogen and oxygen atoms in total. The SMILES string of the molecule is Cn1cncc1C(=O)N1CCC(N)(C(=O)O)C1. The Balaban J connectivity index is 2.15. The van der Waals surface area contributed by atoms with Crippen LogP contribution < -0.4 is 5.73 Å². The third-order valence-electron chi connectivity index (χ3n) is 3.05. The number of imidazole rings is 1. The van der Waals surface area contributed by atoms with E-state index >= 15 is 0 Å². The molecule has 0 spiro atoms. The molecule has 0 aliphatic carbocycles. The molecule has 1 aromatic heterocycles. The van der Waals surface area contributed by atoms with E-state index in [2.05, 4.69) is 4.98 Å². The van der Waals surface area contributed by atoms with Crippen LogP contribution in [0.5, 0.6) is 0 Å². The van der Waals surface area contributed by atoms with Gasteiger partial charge < -0.3 is 20.3 Å². The topological polar surface area (TPSA) is 101 Å². The average molecular weight is 238 g/mol. The highest BCUT2D eigenvalue weighted by Crippen LogP contribution is 2.20. The van der Waals surface area contributed by atoms with Gasteiger partial charge in [0, 0.05) is 20.1 Å². The Morgan fingerprint density at radius 1 is 1.59 bits per heavy atom. The van der Waals surface area contributed by atoms with E-state index in [1.54, 1.807) is 11.6 Å². The van der Waals surface area contributed by atoms with Gasteiger partial charge in [0.25, 0.3) is 5.91 Å². The number of hydrogen-bond donors (Lipinski definition) is 2. The monoisotopic (exact) mass is 238 g/mol. The van der Waals surface area contributed by atoms with Crippen molar-refractivity contribution in [3.05, 3.63) is 18.2 Å². The number of carbonyl (C=O) groups is 2. The molecule has 1 amide bonds. The number of amides is 1. The van der Waals surface area contributed by atoms with Crippen molar-refractivity contribution in [2.24, 2.45) is 12.8 Å². The normalized spacial score (nSPS) is 24.0. The lowest BCUT2D eigenvalue weighted by molar-refractivity contribution is -0.142. The van der Waals surface area contributed by atoms with Gasteiger partial charge in [-0.25, -0.2) is 4.98 Å². The minimum absolute atomic E-state index is 0.0341. The Hall–Kier alpha value is -1.89. The molecule has 3 N–H and O–H groups in total. The minimum Gasteiger partial charge on any atom is -0.480 e. The van der Waals surface area contributed by atoms with E-state index in [1.807, 2.05) is 0 Å². The first-order valence-corrected chi connectivity index (χ1v) is 5.22. The third kappa shape index (κ3) is 1.89. The molecule has 92 valence electrons. The highest BCUT2D eigenvalue weighted by molar-refractivity contribution is 5.93. The van der Waals surface area contributed by atoms with E-state index in [1.165, 1.54) is 17.4 Å². The summed E-state index contributed by atoms with van der Waals surface area (Å²) in [6.07, 6.45) is 3.25. The summed E-state index contributed by atoms with van der Waals surface area (Å²) in [6.45, 7) is 0.388. The fourth-order valence-corrected chi connectivity index (χ4v) is 1.91. The number of aromatic nitrogens is 2. The maximum absolute atomic E-state index is 12.1. The molecule has 2 rings (SSSR count). The number of rotatable bonds is 2. The molecule has 1 atom stereocenters. The van der Waals surface area contributed by atoms with Crippen LogP contribution in [0.3, 0.4) is 0 Å². The first-order chi connectivity index (χ1) is 7.94. The summed E-state index contributed by atoms with van der Waals surface area (Å²) in [5.41, 5.74) is 4.81. The lowest BCUT2D eigenvalue weighted by Gasteiger charge is -2.20. The second-order valence-corrected chi connectivity index (χ2v) is 4.33. The van der Waals surface area contributed by atoms with E-state index in [4.69, 9.17) is 10.8 Å². The first kappa shape index (κ1) is 11.6. The predicted octanol–water partition coefficient (Wildman–Crippen LogP) is -0.952. The molecule has 0 radical (unpaired) electrons. The minimum atomic E-state index is -1.33. The van der Waals surface area contributed by atoms with Gasteiger partial charge >= 0.3 is 5.97 Å². The highest BCUT2D eigenvalue weighted by atomic mass is 16.4. The molecule has 1 aliphatic heterocycles. The third-order valence-corrected chi connectivity index (χ3v) is 3.05. The van der Waals surface area contributed by atoms with Gasteiger partial charge in [0.15, 0.2) is 0 Å². The van der Waals surface area contributed by atoms with Gasteiger partial charge in [0.1, 0.15) is 11.2 Å². The zero-order valence-electron chi connectivity index (χ0n) is 9.46. The van der Waals surface area contributed by atoms with Crippen LogP contribution >= 0.6 is 0 Å². The number of carboxylic acids is 1. The predicted molar refractivity (Wildman–Crippen MR) is 58.3 cm³/mol. The van der Waals surface area contributed by atoms with Gasteiger partial charge in [-0.15, -0.1) is 0 Å². The Kier molecular flexibility index (Phi) is 2.62. The fraction of sp³-hybridized carbons (Fsp3) is 0.500. The number of nitrogens with zero attached hydrogens (tertiary/aromatic N) is 3. The first-order valence-electron chi connectivity index (χ1n) is 5.22. The van der Waals surface area contributed by atoms with Gasteiger partial charge in [-0.1, -0.05) is 0 Å². The fourth-order valence-electron chi connectivity index (χ4n) is 1.91. The van der Waals surface area contributed by atoms with Gasteiger partial charge in [-0.3, -0.25) is 9.59 Å². The van der Waals surface area contributed by atoms with E-state index in [9.17, 15) is 9.59 Å². The average Bonchev–Trinajstić information content (AvgIpc) is 2.85. The second kappa shape index (κ2) is 3.85. The molecule has 1 saturated heterocycles. The van der Waals surface area contributed by atoms with Crippen molar-refractivity contribution in [2.75, 3.05) is 13.1 Å². The van der Waals surface area contributed by atoms with Crippen molar-refractivity contribution in [2.45, 2.75) is 12.0 Å². The number of carbonyl (C=O) groups excluding carboxylic acids is 1. The molecular weight excluding hydrogens is 224 g/mol. The Labute approximate surface area is 97.8 Å². The van der Waals surface area contributed by atoms with E-state index in [0.717, 1.165) is 0 Å². The largest absolute Gasteiger partial charge is 0.480 e. The van der Waals surface area contributed by atoms with Crippen molar-refractivity contribution in [3.63, 3.8) is 0 Å². The highest BCUT2D eigenvalue weighted by Gasteiger charge is 2.43. The molecule has 1 aromatic rings. The van der Waals surface area contributed by atoms with Gasteiger partial charge in [-0.05, 0) is 6.42 Å². The number of hydrogen-bond acceptors (Lipinski definition) is 4. The quantitative estimate of drug-likeness (QED) is 0.691. The maximum Gasteiger partial charge on any atom is 0.325 e. The summed E-state index contributed by atoms with van der Waals surface area (Å²) in [5.74, 6) is -1.31. The molecule has 7 heteroatoms. The van der Waals surface area contributed by atoms with Crippen LogP contribution in [-0.2, 0) is 11.8 Å². The second-order valence-electron chi connectivity index (χ2n) is 4.33. The molecule has 0 bridgehead atoms. The van der Waals surface area contributed by atoms with Gasteiger partial charge in [0.2, 0.25) is 0 Å². The molecular formula is C10H14N4O3. The van der Waals surface area contributed by atoms with Crippen LogP contribution in [0.4, 0.5) is 0 Å². The molecule has 0 saturated carbocycles.